The zero-order valence-electron chi connectivity index (χ0n) is 3.58. The molecular formula is CH5FHfO3S. The molecule has 0 heterocycles. The van der Waals surface area contributed by atoms with E-state index in [1.54, 1.807) is 0 Å². The Balaban J connectivity index is -0.0000000800. The van der Waals surface area contributed by atoms with Crippen LogP contribution in [0.4, 0.5) is 4.70 Å². The summed E-state index contributed by atoms with van der Waals surface area (Å²) in [4.78, 5) is 0. The molecule has 0 spiro atoms. The van der Waals surface area contributed by atoms with E-state index >= 15 is 0 Å². The largest absolute Gasteiger partial charge is 0.286 e. The molecule has 0 saturated heterocycles. The van der Waals surface area contributed by atoms with Crippen molar-refractivity contribution >= 4 is 10.1 Å². The van der Waals surface area contributed by atoms with Gasteiger partial charge in [0, 0.05) is 25.8 Å². The fourth-order valence-electron chi connectivity index (χ4n) is 0. The van der Waals surface area contributed by atoms with Crippen molar-refractivity contribution in [2.24, 2.45) is 0 Å². The van der Waals surface area contributed by atoms with Gasteiger partial charge in [-0.3, -0.25) is 9.26 Å². The molecule has 0 fully saturated rings. The van der Waals surface area contributed by atoms with E-state index in [2.05, 4.69) is 0 Å². The minimum Gasteiger partial charge on any atom is -0.286 e. The van der Waals surface area contributed by atoms with Crippen LogP contribution in [0, 0.1) is 0 Å². The van der Waals surface area contributed by atoms with Crippen LogP contribution in [-0.2, 0) is 36.0 Å². The summed E-state index contributed by atoms with van der Waals surface area (Å²) in [6, 6.07) is 0. The molecule has 0 aromatic heterocycles. The maximum atomic E-state index is 9.19. The molecule has 0 amide bonds. The molecular weight excluding hydrogens is 290 g/mol. The van der Waals surface area contributed by atoms with Crippen molar-refractivity contribution in [1.29, 1.82) is 0 Å². The summed E-state index contributed by atoms with van der Waals surface area (Å²) in [7, 11) is -3.67. The SMILES string of the molecule is CS(=O)(=O)O.F.[Hf]. The van der Waals surface area contributed by atoms with Gasteiger partial charge in [-0.15, -0.1) is 0 Å². The maximum Gasteiger partial charge on any atom is 0.261 e. The van der Waals surface area contributed by atoms with Gasteiger partial charge in [-0.05, 0) is 0 Å². The van der Waals surface area contributed by atoms with E-state index in [0.717, 1.165) is 0 Å². The molecule has 0 unspecified atom stereocenters. The summed E-state index contributed by atoms with van der Waals surface area (Å²) in [5, 5.41) is 0. The predicted octanol–water partition coefficient (Wildman–Crippen LogP) is -0.346. The van der Waals surface area contributed by atoms with E-state index in [1.807, 2.05) is 0 Å². The van der Waals surface area contributed by atoms with Crippen LogP contribution in [0.3, 0.4) is 0 Å². The number of rotatable bonds is 0. The molecule has 0 aliphatic carbocycles. The van der Waals surface area contributed by atoms with Crippen molar-refractivity contribution in [2.45, 2.75) is 0 Å². The van der Waals surface area contributed by atoms with Crippen LogP contribution >= 0.6 is 0 Å². The van der Waals surface area contributed by atoms with E-state index in [9.17, 15) is 8.42 Å². The van der Waals surface area contributed by atoms with Crippen LogP contribution in [0.15, 0.2) is 0 Å². The molecule has 0 saturated carbocycles. The Kier molecular flexibility index (Phi) is 10.9. The van der Waals surface area contributed by atoms with Gasteiger partial charge < -0.3 is 0 Å². The molecule has 0 aromatic rings. The molecule has 6 heteroatoms. The van der Waals surface area contributed by atoms with Gasteiger partial charge in [0.2, 0.25) is 0 Å². The molecule has 7 heavy (non-hydrogen) atoms. The summed E-state index contributed by atoms with van der Waals surface area (Å²) >= 11 is 0. The molecule has 0 atom stereocenters. The van der Waals surface area contributed by atoms with Crippen LogP contribution in [0.1, 0.15) is 0 Å². The van der Waals surface area contributed by atoms with E-state index in [0.29, 0.717) is 6.26 Å². The van der Waals surface area contributed by atoms with Gasteiger partial charge in [-0.2, -0.15) is 8.42 Å². The van der Waals surface area contributed by atoms with Gasteiger partial charge >= 0.3 is 0 Å². The summed E-state index contributed by atoms with van der Waals surface area (Å²) in [5.41, 5.74) is 0. The first-order valence-electron chi connectivity index (χ1n) is 0.924. The fraction of sp³-hybridized carbons (Fsp3) is 1.00. The average Bonchev–Trinajstić information content (AvgIpc) is 0.722. The van der Waals surface area contributed by atoms with Gasteiger partial charge in [-0.25, -0.2) is 0 Å². The Morgan fingerprint density at radius 2 is 1.43 bits per heavy atom. The van der Waals surface area contributed by atoms with Gasteiger partial charge in [-0.1, -0.05) is 0 Å². The van der Waals surface area contributed by atoms with Crippen LogP contribution in [0.5, 0.6) is 0 Å². The second-order valence-corrected chi connectivity index (χ2v) is 2.20. The minimum atomic E-state index is -3.67. The second-order valence-electron chi connectivity index (χ2n) is 0.733. The van der Waals surface area contributed by atoms with Crippen LogP contribution < -0.4 is 0 Å². The van der Waals surface area contributed by atoms with Gasteiger partial charge in [0.15, 0.2) is 0 Å². The summed E-state index contributed by atoms with van der Waals surface area (Å²) < 4.78 is 25.9. The Labute approximate surface area is 60.0 Å². The van der Waals surface area contributed by atoms with Crippen molar-refractivity contribution in [3.05, 3.63) is 0 Å². The van der Waals surface area contributed by atoms with E-state index in [-0.39, 0.29) is 30.5 Å². The van der Waals surface area contributed by atoms with Gasteiger partial charge in [0.25, 0.3) is 10.1 Å². The number of halogens is 1. The molecule has 0 aliphatic rings. The average molecular weight is 295 g/mol. The first-order valence-corrected chi connectivity index (χ1v) is 2.77. The number of hydrogen-bond donors (Lipinski definition) is 1. The predicted molar refractivity (Wildman–Crippen MR) is 20.0 cm³/mol. The van der Waals surface area contributed by atoms with Crippen molar-refractivity contribution in [3.8, 4) is 0 Å². The molecule has 1 N–H and O–H groups in total. The van der Waals surface area contributed by atoms with Crippen molar-refractivity contribution in [1.82, 2.24) is 0 Å². The third kappa shape index (κ3) is 295. The monoisotopic (exact) mass is 296 g/mol. The molecule has 0 bridgehead atoms. The molecule has 0 rings (SSSR count). The Bertz CT molecular complexity index is 98.1. The number of hydrogen-bond acceptors (Lipinski definition) is 2. The summed E-state index contributed by atoms with van der Waals surface area (Å²) in [6.07, 6.45) is 0.715. The molecule has 0 aliphatic heterocycles. The molecule has 0 aromatic carbocycles. The standard InChI is InChI=1S/CH4O3S.FH.Hf/c1-5(2,3)4;;/h1H3,(H,2,3,4);1H;. The molecule has 44 valence electrons. The summed E-state index contributed by atoms with van der Waals surface area (Å²) in [5.74, 6) is 0. The Morgan fingerprint density at radius 3 is 1.43 bits per heavy atom. The topological polar surface area (TPSA) is 54.4 Å². The zero-order valence-corrected chi connectivity index (χ0v) is 7.99. The normalized spacial score (nSPS) is 8.29. The third-order valence-electron chi connectivity index (χ3n) is 0. The minimum absolute atomic E-state index is 0. The maximum absolute atomic E-state index is 9.19. The quantitative estimate of drug-likeness (QED) is 0.491. The van der Waals surface area contributed by atoms with Gasteiger partial charge in [0.1, 0.15) is 0 Å². The third-order valence-corrected chi connectivity index (χ3v) is 0. The van der Waals surface area contributed by atoms with E-state index < -0.39 is 10.1 Å². The fourth-order valence-corrected chi connectivity index (χ4v) is 0. The summed E-state index contributed by atoms with van der Waals surface area (Å²) in [6.45, 7) is 0. The first kappa shape index (κ1) is 15.6. The van der Waals surface area contributed by atoms with Crippen LogP contribution in [0.25, 0.3) is 0 Å². The van der Waals surface area contributed by atoms with Crippen LogP contribution in [0.2, 0.25) is 0 Å². The van der Waals surface area contributed by atoms with Gasteiger partial charge in [0.05, 0.1) is 6.26 Å². The second kappa shape index (κ2) is 4.86. The van der Waals surface area contributed by atoms with Crippen LogP contribution in [-0.4, -0.2) is 19.2 Å². The Morgan fingerprint density at radius 1 is 1.43 bits per heavy atom. The van der Waals surface area contributed by atoms with Crippen molar-refractivity contribution < 1.29 is 43.5 Å². The van der Waals surface area contributed by atoms with Crippen molar-refractivity contribution in [2.75, 3.05) is 6.26 Å². The molecule has 0 radical (unpaired) electrons. The molecule has 3 nitrogen and oxygen atoms in total. The van der Waals surface area contributed by atoms with E-state index in [1.165, 1.54) is 0 Å². The van der Waals surface area contributed by atoms with Crippen molar-refractivity contribution in [3.63, 3.8) is 0 Å². The smallest absolute Gasteiger partial charge is 0.261 e. The first-order chi connectivity index (χ1) is 2.00. The van der Waals surface area contributed by atoms with E-state index in [4.69, 9.17) is 4.55 Å². The zero-order chi connectivity index (χ0) is 4.50. The Hall–Kier alpha value is 0.710.